The molecule has 0 aromatic heterocycles. The first-order chi connectivity index (χ1) is 14.2. The molecule has 5 heteroatoms. The van der Waals surface area contributed by atoms with Crippen molar-refractivity contribution < 1.29 is 9.59 Å². The van der Waals surface area contributed by atoms with Gasteiger partial charge in [0, 0.05) is 49.4 Å². The summed E-state index contributed by atoms with van der Waals surface area (Å²) in [7, 11) is 4.06. The van der Waals surface area contributed by atoms with E-state index in [0.717, 1.165) is 49.0 Å². The van der Waals surface area contributed by atoms with E-state index in [1.165, 1.54) is 19.3 Å². The highest BCUT2D eigenvalue weighted by molar-refractivity contribution is 5.93. The fraction of sp³-hybridized carbons (Fsp3) is 0.680. The van der Waals surface area contributed by atoms with E-state index in [1.54, 1.807) is 0 Å². The van der Waals surface area contributed by atoms with E-state index in [2.05, 4.69) is 27.2 Å². The SMILES string of the molecule is CN(C)c1ccc(NC(=O)C2CCC2)cc1CN(C(=O)C(C)(C)C)C1CCCCC1. The zero-order chi connectivity index (χ0) is 21.9. The van der Waals surface area contributed by atoms with Gasteiger partial charge < -0.3 is 15.1 Å². The van der Waals surface area contributed by atoms with Gasteiger partial charge in [-0.05, 0) is 49.4 Å². The first kappa shape index (κ1) is 22.6. The molecule has 2 aliphatic carbocycles. The molecular formula is C25H39N3O2. The summed E-state index contributed by atoms with van der Waals surface area (Å²) >= 11 is 0. The van der Waals surface area contributed by atoms with Gasteiger partial charge in [-0.3, -0.25) is 9.59 Å². The number of carbonyl (C=O) groups is 2. The van der Waals surface area contributed by atoms with Crippen LogP contribution in [0.3, 0.4) is 0 Å². The number of rotatable bonds is 6. The maximum atomic E-state index is 13.4. The minimum absolute atomic E-state index is 0.125. The molecular weight excluding hydrogens is 374 g/mol. The molecule has 2 amide bonds. The lowest BCUT2D eigenvalue weighted by molar-refractivity contribution is -0.143. The van der Waals surface area contributed by atoms with Crippen molar-refractivity contribution >= 4 is 23.2 Å². The number of benzene rings is 1. The third kappa shape index (κ3) is 5.35. The number of nitrogens with one attached hydrogen (secondary N) is 1. The average molecular weight is 414 g/mol. The van der Waals surface area contributed by atoms with Gasteiger partial charge in [0.05, 0.1) is 0 Å². The molecule has 0 unspecified atom stereocenters. The standard InChI is InChI=1S/C25H39N3O2/c1-25(2,3)24(30)28(21-12-7-6-8-13-21)17-19-16-20(14-15-22(19)27(4)5)26-23(29)18-10-9-11-18/h14-16,18,21H,6-13,17H2,1-5H3,(H,26,29). The van der Waals surface area contributed by atoms with Gasteiger partial charge in [0.15, 0.2) is 0 Å². The lowest BCUT2D eigenvalue weighted by atomic mass is 9.85. The normalized spacial score (nSPS) is 17.9. The molecule has 1 N–H and O–H groups in total. The van der Waals surface area contributed by atoms with Gasteiger partial charge >= 0.3 is 0 Å². The Labute approximate surface area is 182 Å². The van der Waals surface area contributed by atoms with E-state index in [-0.39, 0.29) is 17.7 Å². The Bertz CT molecular complexity index is 756. The predicted octanol–water partition coefficient (Wildman–Crippen LogP) is 5.20. The van der Waals surface area contributed by atoms with Crippen molar-refractivity contribution in [2.75, 3.05) is 24.3 Å². The van der Waals surface area contributed by atoms with Gasteiger partial charge in [0.25, 0.3) is 0 Å². The Morgan fingerprint density at radius 3 is 2.20 bits per heavy atom. The molecule has 1 aromatic rings. The zero-order valence-electron chi connectivity index (χ0n) is 19.5. The van der Waals surface area contributed by atoms with Crippen LogP contribution in [0.4, 0.5) is 11.4 Å². The van der Waals surface area contributed by atoms with E-state index in [0.29, 0.717) is 12.6 Å². The fourth-order valence-corrected chi connectivity index (χ4v) is 4.51. The van der Waals surface area contributed by atoms with Crippen LogP contribution in [-0.4, -0.2) is 36.9 Å². The molecule has 30 heavy (non-hydrogen) atoms. The molecule has 0 spiro atoms. The number of nitrogens with zero attached hydrogens (tertiary/aromatic N) is 2. The summed E-state index contributed by atoms with van der Waals surface area (Å²) < 4.78 is 0. The van der Waals surface area contributed by atoms with Crippen LogP contribution >= 0.6 is 0 Å². The van der Waals surface area contributed by atoms with Gasteiger partial charge in [0.1, 0.15) is 0 Å². The van der Waals surface area contributed by atoms with Gasteiger partial charge in [-0.25, -0.2) is 0 Å². The number of amides is 2. The maximum Gasteiger partial charge on any atom is 0.228 e. The Morgan fingerprint density at radius 2 is 1.67 bits per heavy atom. The summed E-state index contributed by atoms with van der Waals surface area (Å²) in [5.41, 5.74) is 2.61. The zero-order valence-corrected chi connectivity index (χ0v) is 19.5. The van der Waals surface area contributed by atoms with E-state index in [1.807, 2.05) is 40.9 Å². The molecule has 0 saturated heterocycles. The highest BCUT2D eigenvalue weighted by atomic mass is 16.2. The minimum atomic E-state index is -0.411. The van der Waals surface area contributed by atoms with Crippen LogP contribution in [0.15, 0.2) is 18.2 Å². The van der Waals surface area contributed by atoms with Crippen LogP contribution in [0, 0.1) is 11.3 Å². The quantitative estimate of drug-likeness (QED) is 0.697. The number of hydrogen-bond donors (Lipinski definition) is 1. The Balaban J connectivity index is 1.87. The molecule has 5 nitrogen and oxygen atoms in total. The summed E-state index contributed by atoms with van der Waals surface area (Å²) in [5, 5.41) is 3.10. The summed E-state index contributed by atoms with van der Waals surface area (Å²) in [4.78, 5) is 30.0. The molecule has 3 rings (SSSR count). The number of hydrogen-bond acceptors (Lipinski definition) is 3. The summed E-state index contributed by atoms with van der Waals surface area (Å²) in [5.74, 6) is 0.492. The van der Waals surface area contributed by atoms with Crippen LogP contribution in [0.25, 0.3) is 0 Å². The average Bonchev–Trinajstić information content (AvgIpc) is 2.64. The van der Waals surface area contributed by atoms with Crippen molar-refractivity contribution in [3.05, 3.63) is 23.8 Å². The number of anilines is 2. The van der Waals surface area contributed by atoms with Crippen LogP contribution in [0.2, 0.25) is 0 Å². The van der Waals surface area contributed by atoms with Crippen molar-refractivity contribution in [2.45, 2.75) is 84.7 Å². The first-order valence-electron chi connectivity index (χ1n) is 11.6. The van der Waals surface area contributed by atoms with Gasteiger partial charge in [-0.2, -0.15) is 0 Å². The van der Waals surface area contributed by atoms with Crippen LogP contribution in [0.1, 0.15) is 77.7 Å². The second kappa shape index (κ2) is 9.40. The van der Waals surface area contributed by atoms with Crippen molar-refractivity contribution in [3.63, 3.8) is 0 Å². The Morgan fingerprint density at radius 1 is 1.00 bits per heavy atom. The van der Waals surface area contributed by atoms with Gasteiger partial charge in [0.2, 0.25) is 11.8 Å². The molecule has 0 radical (unpaired) electrons. The largest absolute Gasteiger partial charge is 0.377 e. The summed E-state index contributed by atoms with van der Waals surface area (Å²) in [6, 6.07) is 6.41. The first-order valence-corrected chi connectivity index (χ1v) is 11.6. The van der Waals surface area contributed by atoms with E-state index in [4.69, 9.17) is 0 Å². The molecule has 0 bridgehead atoms. The van der Waals surface area contributed by atoms with E-state index in [9.17, 15) is 9.59 Å². The van der Waals surface area contributed by atoms with Crippen molar-refractivity contribution in [2.24, 2.45) is 11.3 Å². The highest BCUT2D eigenvalue weighted by Gasteiger charge is 2.33. The van der Waals surface area contributed by atoms with Crippen LogP contribution in [0.5, 0.6) is 0 Å². The third-order valence-corrected chi connectivity index (χ3v) is 6.56. The molecule has 2 saturated carbocycles. The van der Waals surface area contributed by atoms with E-state index < -0.39 is 5.41 Å². The van der Waals surface area contributed by atoms with Crippen LogP contribution < -0.4 is 10.2 Å². The molecule has 1 aromatic carbocycles. The van der Waals surface area contributed by atoms with Crippen LogP contribution in [-0.2, 0) is 16.1 Å². The Hall–Kier alpha value is -2.04. The predicted molar refractivity (Wildman–Crippen MR) is 124 cm³/mol. The second-order valence-electron chi connectivity index (χ2n) is 10.3. The molecule has 2 aliphatic rings. The smallest absolute Gasteiger partial charge is 0.228 e. The molecule has 2 fully saturated rings. The second-order valence-corrected chi connectivity index (χ2v) is 10.3. The molecule has 0 aliphatic heterocycles. The topological polar surface area (TPSA) is 52.7 Å². The minimum Gasteiger partial charge on any atom is -0.377 e. The Kier molecular flexibility index (Phi) is 7.10. The van der Waals surface area contributed by atoms with Crippen molar-refractivity contribution in [1.82, 2.24) is 4.90 Å². The highest BCUT2D eigenvalue weighted by Crippen LogP contribution is 2.33. The lowest BCUT2D eigenvalue weighted by Gasteiger charge is -2.39. The third-order valence-electron chi connectivity index (χ3n) is 6.56. The molecule has 0 heterocycles. The van der Waals surface area contributed by atoms with Crippen molar-refractivity contribution in [1.29, 1.82) is 0 Å². The maximum absolute atomic E-state index is 13.4. The van der Waals surface area contributed by atoms with E-state index >= 15 is 0 Å². The summed E-state index contributed by atoms with van der Waals surface area (Å²) in [6.45, 7) is 6.61. The van der Waals surface area contributed by atoms with Gasteiger partial charge in [-0.15, -0.1) is 0 Å². The monoisotopic (exact) mass is 413 g/mol. The lowest BCUT2D eigenvalue weighted by Crippen LogP contribution is -2.46. The number of carbonyl (C=O) groups excluding carboxylic acids is 2. The molecule has 0 atom stereocenters. The van der Waals surface area contributed by atoms with Gasteiger partial charge in [-0.1, -0.05) is 46.5 Å². The fourth-order valence-electron chi connectivity index (χ4n) is 4.51. The molecule has 166 valence electrons. The van der Waals surface area contributed by atoms with Crippen molar-refractivity contribution in [3.8, 4) is 0 Å². The summed E-state index contributed by atoms with van der Waals surface area (Å²) in [6.07, 6.45) is 8.93.